The predicted molar refractivity (Wildman–Crippen MR) is 143 cm³/mol. The summed E-state index contributed by atoms with van der Waals surface area (Å²) >= 11 is 0. The third-order valence-electron chi connectivity index (χ3n) is 5.05. The number of rotatable bonds is 10. The molecule has 0 fully saturated rings. The maximum Gasteiger partial charge on any atom is 0.437 e. The molecular formula is C27H37N5O6. The van der Waals surface area contributed by atoms with Crippen molar-refractivity contribution in [1.82, 2.24) is 10.2 Å². The maximum absolute atomic E-state index is 12.9. The SMILES string of the molecule is CC(C)(C)OC(=O)N[C@H](CN)CCCN(C(=O)OCc1ccccc1)/C(N)=N/C(=O)OCc1ccccc1. The summed E-state index contributed by atoms with van der Waals surface area (Å²) in [7, 11) is 0. The van der Waals surface area contributed by atoms with Crippen LogP contribution in [0.2, 0.25) is 0 Å². The minimum absolute atomic E-state index is 0.00339. The van der Waals surface area contributed by atoms with Crippen LogP contribution >= 0.6 is 0 Å². The first-order valence-corrected chi connectivity index (χ1v) is 12.3. The summed E-state index contributed by atoms with van der Waals surface area (Å²) in [4.78, 5) is 42.0. The molecule has 0 spiro atoms. The van der Waals surface area contributed by atoms with Crippen LogP contribution in [0, 0.1) is 0 Å². The zero-order valence-corrected chi connectivity index (χ0v) is 22.1. The number of hydrogen-bond donors (Lipinski definition) is 3. The second-order valence-electron chi connectivity index (χ2n) is 9.42. The zero-order chi connectivity index (χ0) is 28.0. The second kappa shape index (κ2) is 15.2. The Bertz CT molecular complexity index is 1060. The average molecular weight is 528 g/mol. The number of carbonyl (C=O) groups excluding carboxylic acids is 3. The van der Waals surface area contributed by atoms with Crippen LogP contribution in [-0.2, 0) is 27.4 Å². The number of hydrogen-bond acceptors (Lipinski definition) is 7. The molecular weight excluding hydrogens is 490 g/mol. The third kappa shape index (κ3) is 11.7. The lowest BCUT2D eigenvalue weighted by Crippen LogP contribution is -2.45. The summed E-state index contributed by atoms with van der Waals surface area (Å²) in [6, 6.07) is 17.8. The van der Waals surface area contributed by atoms with Gasteiger partial charge < -0.3 is 31.0 Å². The topological polar surface area (TPSA) is 159 Å². The number of nitrogens with zero attached hydrogens (tertiary/aromatic N) is 2. The van der Waals surface area contributed by atoms with Gasteiger partial charge in [0.25, 0.3) is 0 Å². The largest absolute Gasteiger partial charge is 0.444 e. The lowest BCUT2D eigenvalue weighted by Gasteiger charge is -2.24. The van der Waals surface area contributed by atoms with Gasteiger partial charge in [-0.3, -0.25) is 0 Å². The molecule has 0 bridgehead atoms. The van der Waals surface area contributed by atoms with Crippen molar-refractivity contribution < 1.29 is 28.6 Å². The molecule has 2 rings (SSSR count). The van der Waals surface area contributed by atoms with Gasteiger partial charge in [0, 0.05) is 19.1 Å². The maximum atomic E-state index is 12.9. The van der Waals surface area contributed by atoms with Crippen LogP contribution in [0.25, 0.3) is 0 Å². The van der Waals surface area contributed by atoms with Crippen molar-refractivity contribution in [3.8, 4) is 0 Å². The minimum atomic E-state index is -0.946. The summed E-state index contributed by atoms with van der Waals surface area (Å²) in [5.74, 6) is -0.370. The number of carbonyl (C=O) groups is 3. The van der Waals surface area contributed by atoms with E-state index >= 15 is 0 Å². The first-order chi connectivity index (χ1) is 18.1. The fourth-order valence-electron chi connectivity index (χ4n) is 3.22. The Balaban J connectivity index is 2.02. The van der Waals surface area contributed by atoms with Gasteiger partial charge in [-0.15, -0.1) is 4.99 Å². The molecule has 2 aromatic rings. The number of nitrogens with one attached hydrogen (secondary N) is 1. The van der Waals surface area contributed by atoms with E-state index in [0.29, 0.717) is 12.8 Å². The van der Waals surface area contributed by atoms with Gasteiger partial charge in [0.1, 0.15) is 18.8 Å². The Morgan fingerprint density at radius 2 is 1.50 bits per heavy atom. The van der Waals surface area contributed by atoms with Crippen molar-refractivity contribution in [3.05, 3.63) is 71.8 Å². The molecule has 0 heterocycles. The highest BCUT2D eigenvalue weighted by molar-refractivity contribution is 5.97. The normalized spacial score (nSPS) is 12.3. The van der Waals surface area contributed by atoms with Gasteiger partial charge in [-0.1, -0.05) is 60.7 Å². The van der Waals surface area contributed by atoms with Crippen LogP contribution in [0.3, 0.4) is 0 Å². The van der Waals surface area contributed by atoms with Gasteiger partial charge in [0.2, 0.25) is 5.96 Å². The van der Waals surface area contributed by atoms with Gasteiger partial charge in [-0.2, -0.15) is 0 Å². The van der Waals surface area contributed by atoms with Crippen molar-refractivity contribution in [2.45, 2.75) is 58.5 Å². The molecule has 0 saturated carbocycles. The second-order valence-corrected chi connectivity index (χ2v) is 9.42. The van der Waals surface area contributed by atoms with Crippen molar-refractivity contribution in [2.75, 3.05) is 13.1 Å². The molecule has 11 nitrogen and oxygen atoms in total. The van der Waals surface area contributed by atoms with Crippen LogP contribution in [0.4, 0.5) is 14.4 Å². The van der Waals surface area contributed by atoms with Crippen LogP contribution in [0.15, 0.2) is 65.7 Å². The number of nitrogens with two attached hydrogens (primary N) is 2. The van der Waals surface area contributed by atoms with E-state index in [1.807, 2.05) is 48.5 Å². The molecule has 0 aromatic heterocycles. The fraction of sp³-hybridized carbons (Fsp3) is 0.407. The Hall–Kier alpha value is -4.12. The lowest BCUT2D eigenvalue weighted by atomic mass is 10.1. The number of ether oxygens (including phenoxy) is 3. The molecule has 0 aliphatic rings. The van der Waals surface area contributed by atoms with E-state index in [1.165, 1.54) is 0 Å². The molecule has 0 unspecified atom stereocenters. The van der Waals surface area contributed by atoms with E-state index in [2.05, 4.69) is 10.3 Å². The molecule has 0 aliphatic heterocycles. The summed E-state index contributed by atoms with van der Waals surface area (Å²) in [5.41, 5.74) is 12.7. The molecule has 38 heavy (non-hydrogen) atoms. The predicted octanol–water partition coefficient (Wildman–Crippen LogP) is 3.91. The van der Waals surface area contributed by atoms with Gasteiger partial charge in [-0.05, 0) is 44.7 Å². The minimum Gasteiger partial charge on any atom is -0.444 e. The molecule has 0 saturated heterocycles. The number of amides is 3. The molecule has 5 N–H and O–H groups in total. The molecule has 1 atom stereocenters. The molecule has 2 aromatic carbocycles. The first kappa shape index (κ1) is 30.1. The highest BCUT2D eigenvalue weighted by Crippen LogP contribution is 2.09. The lowest BCUT2D eigenvalue weighted by molar-refractivity contribution is 0.0501. The van der Waals surface area contributed by atoms with Gasteiger partial charge in [0.15, 0.2) is 0 Å². The number of benzene rings is 2. The summed E-state index contributed by atoms with van der Waals surface area (Å²) in [5, 5.41) is 2.71. The third-order valence-corrected chi connectivity index (χ3v) is 5.05. The quantitative estimate of drug-likeness (QED) is 0.238. The van der Waals surface area contributed by atoms with E-state index in [0.717, 1.165) is 16.0 Å². The zero-order valence-electron chi connectivity index (χ0n) is 22.1. The van der Waals surface area contributed by atoms with E-state index in [4.69, 9.17) is 25.7 Å². The number of alkyl carbamates (subject to hydrolysis) is 1. The van der Waals surface area contributed by atoms with Crippen LogP contribution in [0.1, 0.15) is 44.7 Å². The van der Waals surface area contributed by atoms with Crippen molar-refractivity contribution in [3.63, 3.8) is 0 Å². The van der Waals surface area contributed by atoms with E-state index in [-0.39, 0.29) is 32.3 Å². The summed E-state index contributed by atoms with van der Waals surface area (Å²) in [6.45, 7) is 5.51. The van der Waals surface area contributed by atoms with Crippen LogP contribution < -0.4 is 16.8 Å². The Morgan fingerprint density at radius 3 is 2.03 bits per heavy atom. The Kier molecular flexibility index (Phi) is 12.0. The van der Waals surface area contributed by atoms with Gasteiger partial charge in [0.05, 0.1) is 0 Å². The molecule has 0 aliphatic carbocycles. The van der Waals surface area contributed by atoms with E-state index < -0.39 is 29.9 Å². The monoisotopic (exact) mass is 527 g/mol. The van der Waals surface area contributed by atoms with Crippen molar-refractivity contribution >= 4 is 24.2 Å². The Labute approximate surface area is 223 Å². The van der Waals surface area contributed by atoms with Crippen LogP contribution in [-0.4, -0.2) is 53.9 Å². The first-order valence-electron chi connectivity index (χ1n) is 12.3. The fourth-order valence-corrected chi connectivity index (χ4v) is 3.22. The molecule has 3 amide bonds. The molecule has 206 valence electrons. The summed E-state index contributed by atoms with van der Waals surface area (Å²) in [6.07, 6.45) is -1.54. The number of guanidine groups is 1. The highest BCUT2D eigenvalue weighted by atomic mass is 16.6. The standard InChI is InChI=1S/C27H37N5O6/c1-27(2,3)38-25(34)30-22(17-28)15-10-16-32(26(35)37-19-21-13-8-5-9-14-21)23(29)31-24(33)36-18-20-11-6-4-7-12-20/h4-9,11-14,22H,10,15-19,28H2,1-3H3,(H,30,34)(H2,29,31,33)/t22-/m0/s1. The summed E-state index contributed by atoms with van der Waals surface area (Å²) < 4.78 is 15.8. The van der Waals surface area contributed by atoms with E-state index in [9.17, 15) is 14.4 Å². The van der Waals surface area contributed by atoms with Gasteiger partial charge >= 0.3 is 18.3 Å². The van der Waals surface area contributed by atoms with Crippen LogP contribution in [0.5, 0.6) is 0 Å². The van der Waals surface area contributed by atoms with Crippen molar-refractivity contribution in [2.24, 2.45) is 16.5 Å². The Morgan fingerprint density at radius 1 is 0.947 bits per heavy atom. The highest BCUT2D eigenvalue weighted by Gasteiger charge is 2.23. The molecule has 0 radical (unpaired) electrons. The smallest absolute Gasteiger partial charge is 0.437 e. The average Bonchev–Trinajstić information content (AvgIpc) is 2.88. The molecule has 11 heteroatoms. The van der Waals surface area contributed by atoms with E-state index in [1.54, 1.807) is 32.9 Å². The number of aliphatic imine (C=N–C) groups is 1. The van der Waals surface area contributed by atoms with Crippen molar-refractivity contribution in [1.29, 1.82) is 0 Å². The van der Waals surface area contributed by atoms with Gasteiger partial charge in [-0.25, -0.2) is 19.3 Å².